The van der Waals surface area contributed by atoms with Gasteiger partial charge in [0.2, 0.25) is 5.82 Å². The predicted octanol–water partition coefficient (Wildman–Crippen LogP) is 2.62. The van der Waals surface area contributed by atoms with Gasteiger partial charge in [0.05, 0.1) is 11.6 Å². The van der Waals surface area contributed by atoms with Gasteiger partial charge in [-0.3, -0.25) is 4.90 Å². The molecule has 0 amide bonds. The number of hydrogen-bond acceptors (Lipinski definition) is 6. The fourth-order valence-electron chi connectivity index (χ4n) is 4.23. The summed E-state index contributed by atoms with van der Waals surface area (Å²) in [7, 11) is 0. The quantitative estimate of drug-likeness (QED) is 0.661. The van der Waals surface area contributed by atoms with Crippen LogP contribution in [0.25, 0.3) is 11.4 Å². The van der Waals surface area contributed by atoms with Crippen molar-refractivity contribution in [3.63, 3.8) is 0 Å². The van der Waals surface area contributed by atoms with Crippen molar-refractivity contribution in [1.82, 2.24) is 30.5 Å². The number of H-pyrrole nitrogens is 1. The van der Waals surface area contributed by atoms with Crippen molar-refractivity contribution in [2.45, 2.75) is 24.9 Å². The SMILES string of the molecule is Clc1cccc(C#CC2CC[C@H]3CN(c4ncccc4-c4nn[nH]n4)CCN23)c1. The zero-order valence-electron chi connectivity index (χ0n) is 15.8. The highest BCUT2D eigenvalue weighted by molar-refractivity contribution is 6.30. The third-order valence-electron chi connectivity index (χ3n) is 5.58. The van der Waals surface area contributed by atoms with Crippen molar-refractivity contribution in [3.05, 3.63) is 53.2 Å². The molecule has 5 rings (SSSR count). The standard InChI is InChI=1S/C21H20ClN7/c22-16-4-1-3-15(13-16)6-7-17-8-9-18-14-28(11-12-29(17)18)21-19(5-2-10-23-21)20-24-26-27-25-20/h1-5,10,13,17-18H,8-9,11-12,14H2,(H,24,25,26,27)/t17?,18-/m0/s1. The van der Waals surface area contributed by atoms with Gasteiger partial charge >= 0.3 is 0 Å². The number of halogens is 1. The Balaban J connectivity index is 1.32. The summed E-state index contributed by atoms with van der Waals surface area (Å²) in [6, 6.07) is 12.4. The van der Waals surface area contributed by atoms with Gasteiger partial charge < -0.3 is 4.90 Å². The largest absolute Gasteiger partial charge is 0.353 e. The number of piperazine rings is 1. The van der Waals surface area contributed by atoms with Gasteiger partial charge in [0, 0.05) is 42.5 Å². The minimum atomic E-state index is 0.293. The van der Waals surface area contributed by atoms with Gasteiger partial charge in [-0.1, -0.05) is 29.5 Å². The zero-order chi connectivity index (χ0) is 19.6. The summed E-state index contributed by atoms with van der Waals surface area (Å²) in [5.41, 5.74) is 1.88. The summed E-state index contributed by atoms with van der Waals surface area (Å²) >= 11 is 6.07. The number of rotatable bonds is 2. The first kappa shape index (κ1) is 18.1. The third kappa shape index (κ3) is 3.69. The van der Waals surface area contributed by atoms with E-state index in [1.54, 1.807) is 0 Å². The average molecular weight is 406 g/mol. The topological polar surface area (TPSA) is 73.8 Å². The van der Waals surface area contributed by atoms with Crippen molar-refractivity contribution in [2.75, 3.05) is 24.5 Å². The van der Waals surface area contributed by atoms with Crippen LogP contribution in [0.3, 0.4) is 0 Å². The van der Waals surface area contributed by atoms with Crippen LogP contribution in [0.4, 0.5) is 5.82 Å². The normalized spacial score (nSPS) is 21.5. The lowest BCUT2D eigenvalue weighted by atomic mass is 10.1. The molecular weight excluding hydrogens is 386 g/mol. The molecule has 1 aromatic carbocycles. The number of benzene rings is 1. The van der Waals surface area contributed by atoms with E-state index in [0.717, 1.165) is 54.4 Å². The van der Waals surface area contributed by atoms with E-state index in [9.17, 15) is 0 Å². The van der Waals surface area contributed by atoms with Crippen LogP contribution in [0.5, 0.6) is 0 Å². The molecule has 0 saturated carbocycles. The van der Waals surface area contributed by atoms with E-state index in [1.807, 2.05) is 42.6 Å². The van der Waals surface area contributed by atoms with Crippen LogP contribution in [0.2, 0.25) is 5.02 Å². The molecule has 4 heterocycles. The first-order valence-electron chi connectivity index (χ1n) is 9.74. The van der Waals surface area contributed by atoms with E-state index in [1.165, 1.54) is 0 Å². The molecule has 1 N–H and O–H groups in total. The van der Waals surface area contributed by atoms with Gasteiger partial charge in [-0.2, -0.15) is 5.21 Å². The molecule has 2 aromatic heterocycles. The molecule has 2 fully saturated rings. The van der Waals surface area contributed by atoms with Gasteiger partial charge in [-0.25, -0.2) is 4.98 Å². The molecule has 0 radical (unpaired) electrons. The smallest absolute Gasteiger partial charge is 0.208 e. The molecule has 29 heavy (non-hydrogen) atoms. The van der Waals surface area contributed by atoms with Gasteiger partial charge in [0.25, 0.3) is 0 Å². The maximum Gasteiger partial charge on any atom is 0.208 e. The fourth-order valence-corrected chi connectivity index (χ4v) is 4.42. The number of nitrogens with one attached hydrogen (secondary N) is 1. The number of anilines is 1. The number of nitrogens with zero attached hydrogens (tertiary/aromatic N) is 6. The van der Waals surface area contributed by atoms with Crippen LogP contribution in [0.15, 0.2) is 42.6 Å². The average Bonchev–Trinajstić information content (AvgIpc) is 3.42. The molecule has 3 aromatic rings. The zero-order valence-corrected chi connectivity index (χ0v) is 16.5. The summed E-state index contributed by atoms with van der Waals surface area (Å²) in [5.74, 6) is 8.26. The van der Waals surface area contributed by atoms with E-state index in [-0.39, 0.29) is 0 Å². The van der Waals surface area contributed by atoms with E-state index >= 15 is 0 Å². The highest BCUT2D eigenvalue weighted by atomic mass is 35.5. The summed E-state index contributed by atoms with van der Waals surface area (Å²) < 4.78 is 0. The van der Waals surface area contributed by atoms with Gasteiger partial charge in [0.1, 0.15) is 5.82 Å². The summed E-state index contributed by atoms with van der Waals surface area (Å²) in [6.45, 7) is 2.78. The Morgan fingerprint density at radius 1 is 1.14 bits per heavy atom. The highest BCUT2D eigenvalue weighted by Gasteiger charge is 2.37. The lowest BCUT2D eigenvalue weighted by Crippen LogP contribution is -2.52. The van der Waals surface area contributed by atoms with Crippen molar-refractivity contribution in [2.24, 2.45) is 0 Å². The predicted molar refractivity (Wildman–Crippen MR) is 111 cm³/mol. The molecule has 0 spiro atoms. The minimum absolute atomic E-state index is 0.293. The first-order valence-corrected chi connectivity index (χ1v) is 10.1. The molecule has 2 saturated heterocycles. The summed E-state index contributed by atoms with van der Waals surface area (Å²) in [6.07, 6.45) is 4.04. The molecule has 1 unspecified atom stereocenters. The summed E-state index contributed by atoms with van der Waals surface area (Å²) in [5, 5.41) is 15.2. The highest BCUT2D eigenvalue weighted by Crippen LogP contribution is 2.32. The van der Waals surface area contributed by atoms with Crippen molar-refractivity contribution >= 4 is 17.4 Å². The Bertz CT molecular complexity index is 1060. The van der Waals surface area contributed by atoms with Crippen molar-refractivity contribution < 1.29 is 0 Å². The van der Waals surface area contributed by atoms with E-state index in [2.05, 4.69) is 47.2 Å². The van der Waals surface area contributed by atoms with Crippen LogP contribution < -0.4 is 4.90 Å². The minimum Gasteiger partial charge on any atom is -0.353 e. The van der Waals surface area contributed by atoms with Gasteiger partial charge in [-0.15, -0.1) is 10.2 Å². The van der Waals surface area contributed by atoms with Crippen LogP contribution in [-0.2, 0) is 0 Å². The second-order valence-corrected chi connectivity index (χ2v) is 7.76. The Kier molecular flexibility index (Phi) is 4.88. The molecule has 0 aliphatic carbocycles. The van der Waals surface area contributed by atoms with Crippen LogP contribution in [0, 0.1) is 11.8 Å². The lowest BCUT2D eigenvalue weighted by molar-refractivity contribution is 0.203. The van der Waals surface area contributed by atoms with Crippen molar-refractivity contribution in [1.29, 1.82) is 0 Å². The van der Waals surface area contributed by atoms with E-state index < -0.39 is 0 Å². The monoisotopic (exact) mass is 405 g/mol. The van der Waals surface area contributed by atoms with Gasteiger partial charge in [0.15, 0.2) is 0 Å². The second kappa shape index (κ2) is 7.82. The number of fused-ring (bicyclic) bond motifs is 1. The Hall–Kier alpha value is -2.95. The van der Waals surface area contributed by atoms with E-state index in [4.69, 9.17) is 11.6 Å². The maximum absolute atomic E-state index is 6.07. The fraction of sp³-hybridized carbons (Fsp3) is 0.333. The van der Waals surface area contributed by atoms with Crippen molar-refractivity contribution in [3.8, 4) is 23.2 Å². The Morgan fingerprint density at radius 2 is 2.10 bits per heavy atom. The molecule has 8 heteroatoms. The van der Waals surface area contributed by atoms with Gasteiger partial charge in [-0.05, 0) is 48.4 Å². The number of tetrazole rings is 1. The molecule has 2 aliphatic rings. The lowest BCUT2D eigenvalue weighted by Gasteiger charge is -2.40. The maximum atomic E-state index is 6.07. The number of aromatic amines is 1. The number of hydrogen-bond donors (Lipinski definition) is 1. The van der Waals surface area contributed by atoms with E-state index in [0.29, 0.717) is 17.9 Å². The Morgan fingerprint density at radius 3 is 2.97 bits per heavy atom. The molecule has 0 bridgehead atoms. The second-order valence-electron chi connectivity index (χ2n) is 7.32. The Labute approximate surface area is 174 Å². The molecular formula is C21H20ClN7. The molecule has 2 atom stereocenters. The first-order chi connectivity index (χ1) is 14.3. The molecule has 146 valence electrons. The third-order valence-corrected chi connectivity index (χ3v) is 5.82. The van der Waals surface area contributed by atoms with Crippen LogP contribution >= 0.6 is 11.6 Å². The number of pyridine rings is 1. The number of aromatic nitrogens is 5. The van der Waals surface area contributed by atoms with Crippen LogP contribution in [0.1, 0.15) is 18.4 Å². The van der Waals surface area contributed by atoms with Crippen LogP contribution in [-0.4, -0.2) is 62.2 Å². The molecule has 7 nitrogen and oxygen atoms in total. The summed E-state index contributed by atoms with van der Waals surface area (Å²) in [4.78, 5) is 9.49. The molecule has 2 aliphatic heterocycles.